The number of amides is 1. The van der Waals surface area contributed by atoms with Gasteiger partial charge in [0, 0.05) is 29.6 Å². The fraction of sp³-hybridized carbons (Fsp3) is 0.263. The van der Waals surface area contributed by atoms with Crippen molar-refractivity contribution in [1.29, 1.82) is 0 Å². The van der Waals surface area contributed by atoms with Crippen molar-refractivity contribution in [2.45, 2.75) is 18.3 Å². The first kappa shape index (κ1) is 15.7. The summed E-state index contributed by atoms with van der Waals surface area (Å²) in [5.74, 6) is -4.35. The zero-order valence-electron chi connectivity index (χ0n) is 13.2. The van der Waals surface area contributed by atoms with Gasteiger partial charge < -0.3 is 10.0 Å². The van der Waals surface area contributed by atoms with Crippen molar-refractivity contribution in [1.82, 2.24) is 0 Å². The Morgan fingerprint density at radius 1 is 1.04 bits per heavy atom. The van der Waals surface area contributed by atoms with Crippen molar-refractivity contribution in [3.8, 4) is 0 Å². The molecule has 0 saturated heterocycles. The number of anilines is 1. The van der Waals surface area contributed by atoms with E-state index in [0.717, 1.165) is 0 Å². The second kappa shape index (κ2) is 5.65. The minimum atomic E-state index is -0.991. The van der Waals surface area contributed by atoms with Crippen LogP contribution in [0.4, 0.5) is 14.5 Å². The first-order valence-corrected chi connectivity index (χ1v) is 8.06. The van der Waals surface area contributed by atoms with E-state index in [1.54, 1.807) is 24.3 Å². The van der Waals surface area contributed by atoms with Crippen molar-refractivity contribution in [3.63, 3.8) is 0 Å². The minimum Gasteiger partial charge on any atom is -0.481 e. The molecule has 2 aromatic rings. The molecule has 3 atom stereocenters. The molecule has 1 aliphatic heterocycles. The number of aliphatic carboxylic acids is 1. The lowest BCUT2D eigenvalue weighted by Crippen LogP contribution is -2.32. The number of halogens is 2. The molecule has 0 bridgehead atoms. The molecule has 1 heterocycles. The van der Waals surface area contributed by atoms with E-state index in [0.29, 0.717) is 17.7 Å². The van der Waals surface area contributed by atoms with Crippen LogP contribution < -0.4 is 4.90 Å². The number of carboxylic acids is 1. The summed E-state index contributed by atoms with van der Waals surface area (Å²) in [6.07, 6.45) is 0.368. The smallest absolute Gasteiger partial charge is 0.312 e. The molecule has 4 nitrogen and oxygen atoms in total. The predicted molar refractivity (Wildman–Crippen MR) is 86.4 cm³/mol. The number of hydrogen-bond donors (Lipinski definition) is 1. The highest BCUT2D eigenvalue weighted by Gasteiger charge is 2.50. The average Bonchev–Trinajstić information content (AvgIpc) is 3.26. The SMILES string of the molecule is O=C(O)[C@@H]1CN(C(=O)[C@@H]2C[C@@H]2c2c(F)cccc2F)c2ccccc21. The van der Waals surface area contributed by atoms with Crippen LogP contribution >= 0.6 is 0 Å². The molecule has 4 rings (SSSR count). The highest BCUT2D eigenvalue weighted by atomic mass is 19.1. The van der Waals surface area contributed by atoms with Crippen LogP contribution in [0, 0.1) is 17.6 Å². The monoisotopic (exact) mass is 343 g/mol. The van der Waals surface area contributed by atoms with Crippen LogP contribution in [-0.2, 0) is 9.59 Å². The fourth-order valence-corrected chi connectivity index (χ4v) is 3.68. The molecule has 128 valence electrons. The number of nitrogens with zero attached hydrogens (tertiary/aromatic N) is 1. The molecule has 0 spiro atoms. The Morgan fingerprint density at radius 2 is 1.72 bits per heavy atom. The molecular formula is C19H15F2NO3. The van der Waals surface area contributed by atoms with Gasteiger partial charge in [0.05, 0.1) is 0 Å². The molecule has 0 radical (unpaired) electrons. The molecule has 2 aromatic carbocycles. The van der Waals surface area contributed by atoms with E-state index in [9.17, 15) is 23.5 Å². The predicted octanol–water partition coefficient (Wildman–Crippen LogP) is 3.28. The average molecular weight is 343 g/mol. The summed E-state index contributed by atoms with van der Waals surface area (Å²) < 4.78 is 27.8. The Bertz CT molecular complexity index is 862. The molecule has 1 aliphatic carbocycles. The van der Waals surface area contributed by atoms with Crippen molar-refractivity contribution in [2.75, 3.05) is 11.4 Å². The maximum atomic E-state index is 13.9. The van der Waals surface area contributed by atoms with E-state index in [2.05, 4.69) is 0 Å². The van der Waals surface area contributed by atoms with Gasteiger partial charge in [0.25, 0.3) is 0 Å². The topological polar surface area (TPSA) is 57.6 Å². The molecule has 0 aromatic heterocycles. The van der Waals surface area contributed by atoms with E-state index in [1.807, 2.05) is 0 Å². The van der Waals surface area contributed by atoms with Crippen LogP contribution in [-0.4, -0.2) is 23.5 Å². The third-order valence-corrected chi connectivity index (χ3v) is 5.01. The van der Waals surface area contributed by atoms with Crippen molar-refractivity contribution < 1.29 is 23.5 Å². The van der Waals surface area contributed by atoms with Crippen LogP contribution in [0.5, 0.6) is 0 Å². The number of rotatable bonds is 3. The number of hydrogen-bond acceptors (Lipinski definition) is 2. The summed E-state index contributed by atoms with van der Waals surface area (Å²) in [5.41, 5.74) is 1.11. The Hall–Kier alpha value is -2.76. The van der Waals surface area contributed by atoms with Gasteiger partial charge in [-0.05, 0) is 30.2 Å². The largest absolute Gasteiger partial charge is 0.481 e. The maximum absolute atomic E-state index is 13.9. The van der Waals surface area contributed by atoms with Gasteiger partial charge in [-0.15, -0.1) is 0 Å². The van der Waals surface area contributed by atoms with Crippen LogP contribution in [0.1, 0.15) is 29.4 Å². The number of carboxylic acid groups (broad SMARTS) is 1. The number of para-hydroxylation sites is 1. The summed E-state index contributed by atoms with van der Waals surface area (Å²) in [4.78, 5) is 25.7. The van der Waals surface area contributed by atoms with Gasteiger partial charge in [0.2, 0.25) is 5.91 Å². The summed E-state index contributed by atoms with van der Waals surface area (Å²) in [6.45, 7) is 0.0521. The molecule has 1 saturated carbocycles. The summed E-state index contributed by atoms with van der Waals surface area (Å²) >= 11 is 0. The number of benzene rings is 2. The molecule has 1 N–H and O–H groups in total. The van der Waals surface area contributed by atoms with Gasteiger partial charge >= 0.3 is 5.97 Å². The number of fused-ring (bicyclic) bond motifs is 1. The van der Waals surface area contributed by atoms with E-state index < -0.39 is 35.4 Å². The molecule has 1 amide bonds. The van der Waals surface area contributed by atoms with Crippen molar-refractivity contribution in [2.24, 2.45) is 5.92 Å². The Morgan fingerprint density at radius 3 is 2.40 bits per heavy atom. The molecule has 2 aliphatic rings. The Kier molecular flexibility index (Phi) is 3.56. The van der Waals surface area contributed by atoms with Gasteiger partial charge in [0.15, 0.2) is 0 Å². The zero-order valence-corrected chi connectivity index (χ0v) is 13.2. The highest BCUT2D eigenvalue weighted by molar-refractivity contribution is 6.01. The third kappa shape index (κ3) is 2.49. The lowest BCUT2D eigenvalue weighted by molar-refractivity contribution is -0.138. The van der Waals surface area contributed by atoms with Gasteiger partial charge in [-0.2, -0.15) is 0 Å². The van der Waals surface area contributed by atoms with E-state index in [4.69, 9.17) is 0 Å². The lowest BCUT2D eigenvalue weighted by Gasteiger charge is -2.17. The van der Waals surface area contributed by atoms with E-state index >= 15 is 0 Å². The number of carbonyl (C=O) groups excluding carboxylic acids is 1. The molecule has 6 heteroatoms. The summed E-state index contributed by atoms with van der Waals surface area (Å²) in [5, 5.41) is 9.38. The van der Waals surface area contributed by atoms with Crippen LogP contribution in [0.25, 0.3) is 0 Å². The zero-order chi connectivity index (χ0) is 17.7. The maximum Gasteiger partial charge on any atom is 0.312 e. The van der Waals surface area contributed by atoms with Crippen LogP contribution in [0.2, 0.25) is 0 Å². The van der Waals surface area contributed by atoms with Crippen LogP contribution in [0.15, 0.2) is 42.5 Å². The standard InChI is InChI=1S/C19H15F2NO3/c20-14-5-3-6-15(21)17(14)11-8-12(11)18(23)22-9-13(19(24)25)10-4-1-2-7-16(10)22/h1-7,11-13H,8-9H2,(H,24,25)/t11-,12+,13+/m0/s1. The van der Waals surface area contributed by atoms with Gasteiger partial charge in [-0.3, -0.25) is 9.59 Å². The highest BCUT2D eigenvalue weighted by Crippen LogP contribution is 2.51. The van der Waals surface area contributed by atoms with E-state index in [1.165, 1.54) is 23.1 Å². The molecule has 25 heavy (non-hydrogen) atoms. The molecule has 0 unspecified atom stereocenters. The Labute approximate surface area is 142 Å². The first-order chi connectivity index (χ1) is 12.0. The third-order valence-electron chi connectivity index (χ3n) is 5.01. The lowest BCUT2D eigenvalue weighted by atomic mass is 10.0. The van der Waals surface area contributed by atoms with Crippen molar-refractivity contribution >= 4 is 17.6 Å². The first-order valence-electron chi connectivity index (χ1n) is 8.06. The second-order valence-electron chi connectivity index (χ2n) is 6.48. The second-order valence-corrected chi connectivity index (χ2v) is 6.48. The van der Waals surface area contributed by atoms with Crippen LogP contribution in [0.3, 0.4) is 0 Å². The normalized spacial score (nSPS) is 24.1. The van der Waals surface area contributed by atoms with E-state index in [-0.39, 0.29) is 18.0 Å². The Balaban J connectivity index is 1.60. The van der Waals surface area contributed by atoms with Gasteiger partial charge in [-0.25, -0.2) is 8.78 Å². The van der Waals surface area contributed by atoms with Crippen molar-refractivity contribution in [3.05, 3.63) is 65.2 Å². The summed E-state index contributed by atoms with van der Waals surface area (Å²) in [6, 6.07) is 10.5. The van der Waals surface area contributed by atoms with Gasteiger partial charge in [0.1, 0.15) is 17.6 Å². The molecule has 1 fully saturated rings. The fourth-order valence-electron chi connectivity index (χ4n) is 3.68. The quantitative estimate of drug-likeness (QED) is 0.930. The number of carbonyl (C=O) groups is 2. The molecular weight excluding hydrogens is 328 g/mol. The minimum absolute atomic E-state index is 0.0521. The van der Waals surface area contributed by atoms with Gasteiger partial charge in [-0.1, -0.05) is 24.3 Å². The summed E-state index contributed by atoms with van der Waals surface area (Å²) in [7, 11) is 0.